The summed E-state index contributed by atoms with van der Waals surface area (Å²) in [7, 11) is 0. The third-order valence-corrected chi connectivity index (χ3v) is 6.14. The van der Waals surface area contributed by atoms with Gasteiger partial charge in [-0.3, -0.25) is 0 Å². The van der Waals surface area contributed by atoms with Gasteiger partial charge in [-0.1, -0.05) is 84.5 Å². The van der Waals surface area contributed by atoms with Gasteiger partial charge < -0.3 is 37.9 Å². The van der Waals surface area contributed by atoms with E-state index in [0.717, 1.165) is 26.1 Å². The highest BCUT2D eigenvalue weighted by Crippen LogP contribution is 2.10. The summed E-state index contributed by atoms with van der Waals surface area (Å²) < 4.78 is 44.1. The Bertz CT molecular complexity index is 378. The zero-order chi connectivity index (χ0) is 28.2. The van der Waals surface area contributed by atoms with Crippen LogP contribution in [0.25, 0.3) is 0 Å². The Morgan fingerprint density at radius 3 is 0.667 bits per heavy atom. The molecule has 39 heavy (non-hydrogen) atoms. The first-order valence-corrected chi connectivity index (χ1v) is 16.0. The molecule has 0 aromatic heterocycles. The van der Waals surface area contributed by atoms with E-state index in [9.17, 15) is 0 Å². The third-order valence-electron chi connectivity index (χ3n) is 6.14. The number of rotatable bonds is 36. The van der Waals surface area contributed by atoms with E-state index in [1.807, 2.05) is 0 Å². The molecule has 0 saturated carbocycles. The molecule has 8 nitrogen and oxygen atoms in total. The first-order chi connectivity index (χ1) is 19.4. The van der Waals surface area contributed by atoms with Crippen molar-refractivity contribution in [2.75, 3.05) is 106 Å². The Morgan fingerprint density at radius 2 is 0.385 bits per heavy atom. The zero-order valence-corrected chi connectivity index (χ0v) is 25.8. The molecule has 0 aliphatic carbocycles. The normalized spacial score (nSPS) is 11.5. The standard InChI is InChI=1S/C31H64O8/c1-3-5-7-8-9-10-11-12-13-15-17-33-19-21-35-23-25-37-27-29-39-31-30-38-28-26-36-24-22-34-20-18-32-16-14-6-4-2/h3-31H2,1-2H3. The minimum Gasteiger partial charge on any atom is -0.379 e. The van der Waals surface area contributed by atoms with Crippen molar-refractivity contribution in [3.63, 3.8) is 0 Å². The van der Waals surface area contributed by atoms with Crippen molar-refractivity contribution in [3.8, 4) is 0 Å². The second-order valence-electron chi connectivity index (χ2n) is 9.79. The summed E-state index contributed by atoms with van der Waals surface area (Å²) in [5.41, 5.74) is 0. The van der Waals surface area contributed by atoms with Crippen LogP contribution in [0.15, 0.2) is 0 Å². The topological polar surface area (TPSA) is 73.8 Å². The molecule has 0 spiro atoms. The van der Waals surface area contributed by atoms with Gasteiger partial charge in [-0.2, -0.15) is 0 Å². The van der Waals surface area contributed by atoms with Gasteiger partial charge in [0.15, 0.2) is 0 Å². The Balaban J connectivity index is 3.01. The molecule has 0 aromatic carbocycles. The Labute approximate surface area is 241 Å². The lowest BCUT2D eigenvalue weighted by molar-refractivity contribution is -0.0232. The molecule has 8 heteroatoms. The predicted octanol–water partition coefficient (Wildman–Crippen LogP) is 6.23. The maximum atomic E-state index is 5.64. The first kappa shape index (κ1) is 38.7. The second-order valence-corrected chi connectivity index (χ2v) is 9.79. The fourth-order valence-corrected chi connectivity index (χ4v) is 3.79. The zero-order valence-electron chi connectivity index (χ0n) is 25.8. The van der Waals surface area contributed by atoms with Gasteiger partial charge in [-0.05, 0) is 12.8 Å². The maximum Gasteiger partial charge on any atom is 0.0701 e. The van der Waals surface area contributed by atoms with Crippen molar-refractivity contribution in [2.45, 2.75) is 97.3 Å². The average Bonchev–Trinajstić information content (AvgIpc) is 2.95. The van der Waals surface area contributed by atoms with Crippen LogP contribution in [0.4, 0.5) is 0 Å². The summed E-state index contributed by atoms with van der Waals surface area (Å²) in [5.74, 6) is 0. The molecule has 0 atom stereocenters. The van der Waals surface area contributed by atoms with Crippen LogP contribution in [0.3, 0.4) is 0 Å². The van der Waals surface area contributed by atoms with Gasteiger partial charge in [0.25, 0.3) is 0 Å². The highest BCUT2D eigenvalue weighted by atomic mass is 16.6. The predicted molar refractivity (Wildman–Crippen MR) is 158 cm³/mol. The van der Waals surface area contributed by atoms with Crippen molar-refractivity contribution in [1.82, 2.24) is 0 Å². The molecule has 0 bridgehead atoms. The monoisotopic (exact) mass is 564 g/mol. The molecule has 0 N–H and O–H groups in total. The van der Waals surface area contributed by atoms with Crippen molar-refractivity contribution < 1.29 is 37.9 Å². The molecule has 0 fully saturated rings. The van der Waals surface area contributed by atoms with Crippen LogP contribution in [0.1, 0.15) is 97.3 Å². The van der Waals surface area contributed by atoms with Gasteiger partial charge in [0.1, 0.15) is 0 Å². The van der Waals surface area contributed by atoms with Crippen LogP contribution in [-0.2, 0) is 37.9 Å². The van der Waals surface area contributed by atoms with E-state index >= 15 is 0 Å². The van der Waals surface area contributed by atoms with E-state index < -0.39 is 0 Å². The van der Waals surface area contributed by atoms with Gasteiger partial charge in [0, 0.05) is 13.2 Å². The van der Waals surface area contributed by atoms with Gasteiger partial charge in [-0.15, -0.1) is 0 Å². The van der Waals surface area contributed by atoms with Crippen LogP contribution >= 0.6 is 0 Å². The summed E-state index contributed by atoms with van der Waals surface area (Å²) >= 11 is 0. The summed E-state index contributed by atoms with van der Waals surface area (Å²) in [6.45, 7) is 14.3. The van der Waals surface area contributed by atoms with Crippen molar-refractivity contribution in [1.29, 1.82) is 0 Å². The van der Waals surface area contributed by atoms with Crippen LogP contribution in [0.5, 0.6) is 0 Å². The number of hydrogen-bond donors (Lipinski definition) is 0. The molecule has 0 heterocycles. The molecule has 0 aliphatic rings. The van der Waals surface area contributed by atoms with E-state index in [0.29, 0.717) is 92.5 Å². The van der Waals surface area contributed by atoms with Crippen LogP contribution in [-0.4, -0.2) is 106 Å². The van der Waals surface area contributed by atoms with E-state index in [4.69, 9.17) is 37.9 Å². The minimum absolute atomic E-state index is 0.553. The Hall–Kier alpha value is -0.320. The van der Waals surface area contributed by atoms with Crippen molar-refractivity contribution in [3.05, 3.63) is 0 Å². The Morgan fingerprint density at radius 1 is 0.205 bits per heavy atom. The molecule has 0 radical (unpaired) electrons. The number of ether oxygens (including phenoxy) is 8. The molecule has 0 aromatic rings. The van der Waals surface area contributed by atoms with Gasteiger partial charge in [-0.25, -0.2) is 0 Å². The average molecular weight is 565 g/mol. The molecule has 0 amide bonds. The number of hydrogen-bond acceptors (Lipinski definition) is 8. The van der Waals surface area contributed by atoms with Gasteiger partial charge >= 0.3 is 0 Å². The van der Waals surface area contributed by atoms with E-state index in [1.165, 1.54) is 70.6 Å². The lowest BCUT2D eigenvalue weighted by Gasteiger charge is -2.08. The fraction of sp³-hybridized carbons (Fsp3) is 1.00. The highest BCUT2D eigenvalue weighted by Gasteiger charge is 1.96. The van der Waals surface area contributed by atoms with E-state index in [-0.39, 0.29) is 0 Å². The highest BCUT2D eigenvalue weighted by molar-refractivity contribution is 4.47. The third kappa shape index (κ3) is 37.7. The lowest BCUT2D eigenvalue weighted by atomic mass is 10.1. The molecule has 236 valence electrons. The second kappa shape index (κ2) is 37.7. The minimum atomic E-state index is 0.553. The van der Waals surface area contributed by atoms with E-state index in [2.05, 4.69) is 13.8 Å². The Kier molecular flexibility index (Phi) is 37.4. The van der Waals surface area contributed by atoms with Gasteiger partial charge in [0.2, 0.25) is 0 Å². The summed E-state index contributed by atoms with van der Waals surface area (Å²) in [4.78, 5) is 0. The first-order valence-electron chi connectivity index (χ1n) is 16.0. The molecule has 0 unspecified atom stereocenters. The van der Waals surface area contributed by atoms with E-state index in [1.54, 1.807) is 0 Å². The summed E-state index contributed by atoms with van der Waals surface area (Å²) in [6, 6.07) is 0. The molecule has 0 saturated heterocycles. The van der Waals surface area contributed by atoms with Crippen molar-refractivity contribution in [2.24, 2.45) is 0 Å². The molecular weight excluding hydrogens is 500 g/mol. The lowest BCUT2D eigenvalue weighted by Crippen LogP contribution is -2.15. The maximum absolute atomic E-state index is 5.64. The largest absolute Gasteiger partial charge is 0.379 e. The van der Waals surface area contributed by atoms with Crippen LogP contribution < -0.4 is 0 Å². The van der Waals surface area contributed by atoms with Crippen LogP contribution in [0, 0.1) is 0 Å². The quantitative estimate of drug-likeness (QED) is 0.0829. The molecular formula is C31H64O8. The fourth-order valence-electron chi connectivity index (χ4n) is 3.79. The van der Waals surface area contributed by atoms with Gasteiger partial charge in [0.05, 0.1) is 92.5 Å². The SMILES string of the molecule is CCCCCCCCCCCCOCCOCCOCCOCCOCCOCCOCCOCCCCC. The number of unbranched alkanes of at least 4 members (excludes halogenated alkanes) is 11. The molecule has 0 rings (SSSR count). The summed E-state index contributed by atoms with van der Waals surface area (Å²) in [6.07, 6.45) is 17.1. The smallest absolute Gasteiger partial charge is 0.0701 e. The van der Waals surface area contributed by atoms with Crippen molar-refractivity contribution >= 4 is 0 Å². The molecule has 0 aliphatic heterocycles. The van der Waals surface area contributed by atoms with Crippen LogP contribution in [0.2, 0.25) is 0 Å². The summed E-state index contributed by atoms with van der Waals surface area (Å²) in [5, 5.41) is 0.